The number of hydrogen-bond acceptors (Lipinski definition) is 1. The highest BCUT2D eigenvalue weighted by atomic mass is 32.1. The molecule has 0 amide bonds. The van der Waals surface area contributed by atoms with E-state index in [1.165, 1.54) is 108 Å². The minimum absolute atomic E-state index is 1.17. The molecule has 3 aromatic heterocycles. The average Bonchev–Trinajstić information content (AvgIpc) is 3.91. The Kier molecular flexibility index (Phi) is 6.54. The Hall–Kier alpha value is -6.94. The van der Waals surface area contributed by atoms with E-state index in [-0.39, 0.29) is 0 Å². The van der Waals surface area contributed by atoms with E-state index in [0.29, 0.717) is 0 Å². The van der Waals surface area contributed by atoms with Crippen LogP contribution in [0.5, 0.6) is 0 Å². The summed E-state index contributed by atoms with van der Waals surface area (Å²) in [6, 6.07) is 71.5. The van der Waals surface area contributed by atoms with Crippen LogP contribution >= 0.6 is 11.3 Å². The van der Waals surface area contributed by atoms with Crippen molar-refractivity contribution in [1.29, 1.82) is 0 Å². The maximum Gasteiger partial charge on any atom is 0.0634 e. The Labute approximate surface area is 321 Å². The van der Waals surface area contributed by atoms with Crippen LogP contribution in [0.3, 0.4) is 0 Å². The summed E-state index contributed by atoms with van der Waals surface area (Å²) in [4.78, 5) is 0. The molecular weight excluding hydrogens is 685 g/mol. The van der Waals surface area contributed by atoms with E-state index >= 15 is 0 Å². The average molecular weight is 717 g/mol. The topological polar surface area (TPSA) is 9.86 Å². The summed E-state index contributed by atoms with van der Waals surface area (Å²) in [6.07, 6.45) is 0. The highest BCUT2D eigenvalue weighted by Crippen LogP contribution is 2.44. The lowest BCUT2D eigenvalue weighted by molar-refractivity contribution is 1.19. The summed E-state index contributed by atoms with van der Waals surface area (Å²) < 4.78 is 7.54. The molecule has 0 aliphatic heterocycles. The summed E-state index contributed by atoms with van der Waals surface area (Å²) >= 11 is 1.88. The van der Waals surface area contributed by atoms with Gasteiger partial charge in [-0.25, -0.2) is 0 Å². The summed E-state index contributed by atoms with van der Waals surface area (Å²) in [5.41, 5.74) is 12.1. The lowest BCUT2D eigenvalue weighted by atomic mass is 10.00. The molecule has 55 heavy (non-hydrogen) atoms. The highest BCUT2D eigenvalue weighted by molar-refractivity contribution is 7.26. The van der Waals surface area contributed by atoms with Gasteiger partial charge in [0.05, 0.1) is 22.1 Å². The van der Waals surface area contributed by atoms with E-state index in [0.717, 1.165) is 0 Å². The molecule has 0 N–H and O–H groups in total. The standard InChI is InChI=1S/C52H32N2S/c1-2-11-33(12-3-1)36-15-10-16-39(29-36)54-48-27-23-38(32-45(48)42-25-28-50-51(52(42)54)43-18-7-9-20-49(43)55-50)37-22-26-47-44(31-37)41-17-6-8-19-46(41)53(47)40-24-21-34-13-4-5-14-35(34)30-40/h1-32H. The van der Waals surface area contributed by atoms with Gasteiger partial charge in [0.2, 0.25) is 0 Å². The van der Waals surface area contributed by atoms with Gasteiger partial charge >= 0.3 is 0 Å². The second kappa shape index (κ2) is 11.8. The minimum Gasteiger partial charge on any atom is -0.309 e. The second-order valence-electron chi connectivity index (χ2n) is 14.5. The largest absolute Gasteiger partial charge is 0.309 e. The number of fused-ring (bicyclic) bond motifs is 11. The molecule has 0 spiro atoms. The van der Waals surface area contributed by atoms with Crippen LogP contribution in [-0.2, 0) is 0 Å². The van der Waals surface area contributed by atoms with Gasteiger partial charge in [-0.3, -0.25) is 0 Å². The number of thiophene rings is 1. The van der Waals surface area contributed by atoms with Crippen molar-refractivity contribution >= 4 is 85.9 Å². The number of benzene rings is 9. The summed E-state index contributed by atoms with van der Waals surface area (Å²) in [7, 11) is 0. The molecule has 9 aromatic carbocycles. The molecule has 3 heterocycles. The first-order valence-electron chi connectivity index (χ1n) is 18.8. The van der Waals surface area contributed by atoms with E-state index in [4.69, 9.17) is 0 Å². The molecule has 0 saturated heterocycles. The Bertz CT molecular complexity index is 3490. The maximum absolute atomic E-state index is 2.50. The van der Waals surface area contributed by atoms with Gasteiger partial charge < -0.3 is 9.13 Å². The molecular formula is C52H32N2S. The van der Waals surface area contributed by atoms with Gasteiger partial charge in [-0.1, -0.05) is 127 Å². The molecule has 0 radical (unpaired) electrons. The molecule has 0 aliphatic rings. The van der Waals surface area contributed by atoms with Crippen LogP contribution in [0.25, 0.3) is 108 Å². The quantitative estimate of drug-likeness (QED) is 0.172. The van der Waals surface area contributed by atoms with Gasteiger partial charge in [0.15, 0.2) is 0 Å². The third kappa shape index (κ3) is 4.60. The normalized spacial score (nSPS) is 12.0. The zero-order valence-electron chi connectivity index (χ0n) is 29.8. The molecule has 0 aliphatic carbocycles. The van der Waals surface area contributed by atoms with Crippen molar-refractivity contribution in [2.24, 2.45) is 0 Å². The van der Waals surface area contributed by atoms with E-state index in [1.54, 1.807) is 0 Å². The van der Waals surface area contributed by atoms with Crippen molar-refractivity contribution in [3.05, 3.63) is 194 Å². The predicted octanol–water partition coefficient (Wildman–Crippen LogP) is 14.7. The van der Waals surface area contributed by atoms with Crippen LogP contribution in [0.4, 0.5) is 0 Å². The van der Waals surface area contributed by atoms with Crippen molar-refractivity contribution < 1.29 is 0 Å². The number of para-hydroxylation sites is 1. The van der Waals surface area contributed by atoms with Crippen molar-refractivity contribution in [3.8, 4) is 33.6 Å². The molecule has 0 saturated carbocycles. The van der Waals surface area contributed by atoms with Crippen molar-refractivity contribution in [2.75, 3.05) is 0 Å². The molecule has 0 atom stereocenters. The van der Waals surface area contributed by atoms with Crippen LogP contribution in [0.15, 0.2) is 194 Å². The molecule has 256 valence electrons. The first-order valence-corrected chi connectivity index (χ1v) is 19.7. The molecule has 0 fully saturated rings. The molecule has 2 nitrogen and oxygen atoms in total. The second-order valence-corrected chi connectivity index (χ2v) is 15.6. The van der Waals surface area contributed by atoms with Crippen LogP contribution in [-0.4, -0.2) is 9.13 Å². The Morgan fingerprint density at radius 3 is 1.80 bits per heavy atom. The van der Waals surface area contributed by atoms with Gasteiger partial charge in [0, 0.05) is 53.1 Å². The SMILES string of the molecule is c1ccc(-c2cccc(-n3c4ccc(-c5ccc6c(c5)c5ccccc5n6-c5ccc6ccccc6c5)cc4c4ccc5sc6ccccc6c5c43)c2)cc1. The van der Waals surface area contributed by atoms with Gasteiger partial charge in [-0.15, -0.1) is 11.3 Å². The van der Waals surface area contributed by atoms with E-state index in [2.05, 4.69) is 203 Å². The minimum atomic E-state index is 1.17. The van der Waals surface area contributed by atoms with Gasteiger partial charge in [-0.05, 0) is 99.8 Å². The summed E-state index contributed by atoms with van der Waals surface area (Å²) in [5, 5.41) is 10.2. The molecule has 12 rings (SSSR count). The molecule has 12 aromatic rings. The molecule has 0 bridgehead atoms. The van der Waals surface area contributed by atoms with Crippen LogP contribution in [0.1, 0.15) is 0 Å². The third-order valence-electron chi connectivity index (χ3n) is 11.5. The first kappa shape index (κ1) is 30.5. The Morgan fingerprint density at radius 2 is 0.945 bits per heavy atom. The highest BCUT2D eigenvalue weighted by Gasteiger charge is 2.20. The van der Waals surface area contributed by atoms with Crippen LogP contribution in [0, 0.1) is 0 Å². The van der Waals surface area contributed by atoms with E-state index < -0.39 is 0 Å². The number of aromatic nitrogens is 2. The number of nitrogens with zero attached hydrogens (tertiary/aromatic N) is 2. The fourth-order valence-electron chi connectivity index (χ4n) is 8.96. The van der Waals surface area contributed by atoms with E-state index in [1.807, 2.05) is 11.3 Å². The Morgan fingerprint density at radius 1 is 0.309 bits per heavy atom. The first-order chi connectivity index (χ1) is 27.3. The fraction of sp³-hybridized carbons (Fsp3) is 0. The zero-order valence-corrected chi connectivity index (χ0v) is 30.6. The van der Waals surface area contributed by atoms with E-state index in [9.17, 15) is 0 Å². The molecule has 3 heteroatoms. The van der Waals surface area contributed by atoms with Gasteiger partial charge in [0.1, 0.15) is 0 Å². The van der Waals surface area contributed by atoms with Crippen LogP contribution in [0.2, 0.25) is 0 Å². The lowest BCUT2D eigenvalue weighted by Crippen LogP contribution is -1.95. The lowest BCUT2D eigenvalue weighted by Gasteiger charge is -2.12. The smallest absolute Gasteiger partial charge is 0.0634 e. The monoisotopic (exact) mass is 716 g/mol. The van der Waals surface area contributed by atoms with Gasteiger partial charge in [-0.2, -0.15) is 0 Å². The van der Waals surface area contributed by atoms with Crippen molar-refractivity contribution in [3.63, 3.8) is 0 Å². The summed E-state index contributed by atoms with van der Waals surface area (Å²) in [6.45, 7) is 0. The van der Waals surface area contributed by atoms with Crippen molar-refractivity contribution in [2.45, 2.75) is 0 Å². The van der Waals surface area contributed by atoms with Gasteiger partial charge in [0.25, 0.3) is 0 Å². The number of hydrogen-bond donors (Lipinski definition) is 0. The third-order valence-corrected chi connectivity index (χ3v) is 12.6. The predicted molar refractivity (Wildman–Crippen MR) is 236 cm³/mol. The summed E-state index contributed by atoms with van der Waals surface area (Å²) in [5.74, 6) is 0. The Balaban J connectivity index is 1.09. The zero-order chi connectivity index (χ0) is 36.0. The van der Waals surface area contributed by atoms with Crippen molar-refractivity contribution in [1.82, 2.24) is 9.13 Å². The van der Waals surface area contributed by atoms with Crippen LogP contribution < -0.4 is 0 Å². The fourth-order valence-corrected chi connectivity index (χ4v) is 10.1. The maximum atomic E-state index is 2.50. The molecule has 0 unspecified atom stereocenters. The number of rotatable bonds is 4.